The first-order valence-corrected chi connectivity index (χ1v) is 10.2. The van der Waals surface area contributed by atoms with Gasteiger partial charge in [0, 0.05) is 18.7 Å². The number of aryl methyl sites for hydroxylation is 1. The van der Waals surface area contributed by atoms with Crippen molar-refractivity contribution in [1.29, 1.82) is 10.5 Å². The lowest BCUT2D eigenvalue weighted by Gasteiger charge is -2.29. The molecular weight excluding hydrogens is 370 g/mol. The van der Waals surface area contributed by atoms with Crippen LogP contribution in [0.5, 0.6) is 0 Å². The third-order valence-corrected chi connectivity index (χ3v) is 5.62. The van der Waals surface area contributed by atoms with Crippen molar-refractivity contribution < 1.29 is 0 Å². The molecule has 30 heavy (non-hydrogen) atoms. The summed E-state index contributed by atoms with van der Waals surface area (Å²) in [4.78, 5) is 6.59. The van der Waals surface area contributed by atoms with Crippen molar-refractivity contribution in [2.24, 2.45) is 0 Å². The molecule has 5 nitrogen and oxygen atoms in total. The minimum Gasteiger partial charge on any atom is -0.383 e. The normalized spacial score (nSPS) is 13.5. The summed E-state index contributed by atoms with van der Waals surface area (Å²) >= 11 is 0. The molecule has 0 saturated carbocycles. The average Bonchev–Trinajstić information content (AvgIpc) is 2.79. The van der Waals surface area contributed by atoms with E-state index in [9.17, 15) is 10.5 Å². The second-order valence-electron chi connectivity index (χ2n) is 7.66. The summed E-state index contributed by atoms with van der Waals surface area (Å²) in [5.74, 6) is 0.761. The second kappa shape index (κ2) is 8.27. The van der Waals surface area contributed by atoms with Gasteiger partial charge in [0.15, 0.2) is 0 Å². The molecule has 0 atom stereocenters. The number of nitrogen functional groups attached to an aromatic ring is 1. The maximum atomic E-state index is 10.1. The van der Waals surface area contributed by atoms with Crippen LogP contribution < -0.4 is 10.6 Å². The summed E-state index contributed by atoms with van der Waals surface area (Å²) in [5.41, 5.74) is 11.5. The number of piperidine rings is 1. The summed E-state index contributed by atoms with van der Waals surface area (Å²) in [6, 6.07) is 20.7. The van der Waals surface area contributed by atoms with E-state index in [1.54, 1.807) is 0 Å². The molecule has 2 N–H and O–H groups in total. The Bertz CT molecular complexity index is 1160. The number of nitrogens with two attached hydrogens (primary N) is 1. The molecule has 1 aromatic heterocycles. The van der Waals surface area contributed by atoms with Crippen molar-refractivity contribution in [2.75, 3.05) is 23.7 Å². The van der Waals surface area contributed by atoms with Gasteiger partial charge in [-0.3, -0.25) is 0 Å². The molecule has 4 rings (SSSR count). The first-order valence-electron chi connectivity index (χ1n) is 10.2. The van der Waals surface area contributed by atoms with Crippen LogP contribution in [0, 0.1) is 29.6 Å². The molecule has 2 aromatic carbocycles. The number of anilines is 2. The van der Waals surface area contributed by atoms with Crippen LogP contribution in [-0.2, 0) is 0 Å². The van der Waals surface area contributed by atoms with Crippen molar-refractivity contribution in [2.45, 2.75) is 26.2 Å². The average molecular weight is 393 g/mol. The smallest absolute Gasteiger partial charge is 0.149 e. The summed E-state index contributed by atoms with van der Waals surface area (Å²) in [5, 5.41) is 19.9. The van der Waals surface area contributed by atoms with Crippen LogP contribution in [-0.4, -0.2) is 18.1 Å². The Balaban J connectivity index is 1.91. The van der Waals surface area contributed by atoms with E-state index in [0.29, 0.717) is 16.9 Å². The van der Waals surface area contributed by atoms with E-state index in [4.69, 9.17) is 5.73 Å². The van der Waals surface area contributed by atoms with Crippen molar-refractivity contribution in [3.05, 3.63) is 65.2 Å². The molecule has 3 aromatic rings. The maximum absolute atomic E-state index is 10.1. The highest BCUT2D eigenvalue weighted by Crippen LogP contribution is 2.37. The predicted octanol–water partition coefficient (Wildman–Crippen LogP) is 5.04. The van der Waals surface area contributed by atoms with Crippen LogP contribution >= 0.6 is 0 Å². The molecule has 1 aliphatic heterocycles. The SMILES string of the molecule is Cc1ccc(-c2cccc(-c3c(C#N)c(N)nc(N4CCCCC4)c3C#N)c2)cc1. The van der Waals surface area contributed by atoms with E-state index in [0.717, 1.165) is 42.6 Å². The number of nitriles is 2. The lowest BCUT2D eigenvalue weighted by atomic mass is 9.92. The Morgan fingerprint density at radius 2 is 1.53 bits per heavy atom. The van der Waals surface area contributed by atoms with Crippen molar-refractivity contribution in [1.82, 2.24) is 4.98 Å². The molecule has 1 fully saturated rings. The summed E-state index contributed by atoms with van der Waals surface area (Å²) in [6.07, 6.45) is 3.30. The fourth-order valence-corrected chi connectivity index (χ4v) is 4.03. The van der Waals surface area contributed by atoms with Gasteiger partial charge < -0.3 is 10.6 Å². The number of hydrogen-bond donors (Lipinski definition) is 1. The number of aromatic nitrogens is 1. The Morgan fingerprint density at radius 3 is 2.20 bits per heavy atom. The standard InChI is InChI=1S/C25H23N5/c1-17-8-10-18(11-9-17)19-6-5-7-20(14-19)23-21(15-26)24(28)29-25(22(23)16-27)30-12-3-2-4-13-30/h5-11,14H,2-4,12-13H2,1H3,(H2,28,29). The zero-order valence-corrected chi connectivity index (χ0v) is 17.0. The van der Waals surface area contributed by atoms with Gasteiger partial charge in [-0.05, 0) is 48.9 Å². The molecule has 0 radical (unpaired) electrons. The molecule has 0 aliphatic carbocycles. The van der Waals surface area contributed by atoms with Crippen molar-refractivity contribution >= 4 is 11.6 Å². The zero-order valence-electron chi connectivity index (χ0n) is 17.0. The van der Waals surface area contributed by atoms with Crippen LogP contribution in [0.25, 0.3) is 22.3 Å². The summed E-state index contributed by atoms with van der Waals surface area (Å²) in [6.45, 7) is 3.74. The Hall–Kier alpha value is -3.83. The van der Waals surface area contributed by atoms with E-state index in [-0.39, 0.29) is 11.4 Å². The maximum Gasteiger partial charge on any atom is 0.149 e. The van der Waals surface area contributed by atoms with Crippen LogP contribution in [0.1, 0.15) is 36.0 Å². The van der Waals surface area contributed by atoms with Gasteiger partial charge in [0.2, 0.25) is 0 Å². The minimum absolute atomic E-state index is 0.174. The van der Waals surface area contributed by atoms with Crippen LogP contribution in [0.3, 0.4) is 0 Å². The molecule has 2 heterocycles. The van der Waals surface area contributed by atoms with Gasteiger partial charge in [-0.2, -0.15) is 10.5 Å². The minimum atomic E-state index is 0.174. The Labute approximate surface area is 177 Å². The fourth-order valence-electron chi connectivity index (χ4n) is 4.03. The largest absolute Gasteiger partial charge is 0.383 e. The van der Waals surface area contributed by atoms with E-state index < -0.39 is 0 Å². The Morgan fingerprint density at radius 1 is 0.867 bits per heavy atom. The predicted molar refractivity (Wildman–Crippen MR) is 120 cm³/mol. The third-order valence-electron chi connectivity index (χ3n) is 5.62. The van der Waals surface area contributed by atoms with Gasteiger partial charge >= 0.3 is 0 Å². The highest BCUT2D eigenvalue weighted by molar-refractivity contribution is 5.87. The van der Waals surface area contributed by atoms with Crippen LogP contribution in [0.15, 0.2) is 48.5 Å². The monoisotopic (exact) mass is 393 g/mol. The third kappa shape index (κ3) is 3.58. The lowest BCUT2D eigenvalue weighted by molar-refractivity contribution is 0.573. The van der Waals surface area contributed by atoms with E-state index >= 15 is 0 Å². The molecule has 0 bridgehead atoms. The van der Waals surface area contributed by atoms with Gasteiger partial charge in [-0.25, -0.2) is 4.98 Å². The summed E-state index contributed by atoms with van der Waals surface area (Å²) in [7, 11) is 0. The number of rotatable bonds is 3. The number of pyridine rings is 1. The number of benzene rings is 2. The van der Waals surface area contributed by atoms with Crippen LogP contribution in [0.2, 0.25) is 0 Å². The van der Waals surface area contributed by atoms with Crippen molar-refractivity contribution in [3.8, 4) is 34.4 Å². The van der Waals surface area contributed by atoms with Crippen LogP contribution in [0.4, 0.5) is 11.6 Å². The number of nitrogens with zero attached hydrogens (tertiary/aromatic N) is 4. The zero-order chi connectivity index (χ0) is 21.1. The van der Waals surface area contributed by atoms with Gasteiger partial charge in [0.05, 0.1) is 0 Å². The highest BCUT2D eigenvalue weighted by Gasteiger charge is 2.24. The summed E-state index contributed by atoms with van der Waals surface area (Å²) < 4.78 is 0. The topological polar surface area (TPSA) is 89.7 Å². The highest BCUT2D eigenvalue weighted by atomic mass is 15.2. The molecule has 1 aliphatic rings. The van der Waals surface area contributed by atoms with E-state index in [2.05, 4.69) is 53.2 Å². The Kier molecular flexibility index (Phi) is 5.37. The molecule has 1 saturated heterocycles. The van der Waals surface area contributed by atoms with Gasteiger partial charge in [-0.15, -0.1) is 0 Å². The fraction of sp³-hybridized carbons (Fsp3) is 0.240. The van der Waals surface area contributed by atoms with Gasteiger partial charge in [0.1, 0.15) is 34.9 Å². The van der Waals surface area contributed by atoms with E-state index in [1.807, 2.05) is 24.3 Å². The molecule has 0 unspecified atom stereocenters. The molecular formula is C25H23N5. The number of hydrogen-bond acceptors (Lipinski definition) is 5. The first kappa shape index (κ1) is 19.5. The van der Waals surface area contributed by atoms with Gasteiger partial charge in [-0.1, -0.05) is 48.0 Å². The van der Waals surface area contributed by atoms with Crippen molar-refractivity contribution in [3.63, 3.8) is 0 Å². The van der Waals surface area contributed by atoms with E-state index in [1.165, 1.54) is 12.0 Å². The van der Waals surface area contributed by atoms with Gasteiger partial charge in [0.25, 0.3) is 0 Å². The molecule has 0 amide bonds. The molecule has 148 valence electrons. The molecule has 5 heteroatoms. The second-order valence-corrected chi connectivity index (χ2v) is 7.66. The first-order chi connectivity index (χ1) is 14.6. The quantitative estimate of drug-likeness (QED) is 0.673. The lowest BCUT2D eigenvalue weighted by Crippen LogP contribution is -2.31. The molecule has 0 spiro atoms.